The van der Waals surface area contributed by atoms with E-state index in [0.717, 1.165) is 41.5 Å². The molecule has 34 heavy (non-hydrogen) atoms. The molecule has 0 aliphatic carbocycles. The van der Waals surface area contributed by atoms with Gasteiger partial charge in [-0.25, -0.2) is 0 Å². The van der Waals surface area contributed by atoms with Crippen LogP contribution in [-0.2, 0) is 22.7 Å². The largest absolute Gasteiger partial charge is 0.497 e. The molecule has 0 unspecified atom stereocenters. The number of unbranched alkanes of at least 4 members (excludes halogenated alkanes) is 1. The van der Waals surface area contributed by atoms with E-state index in [1.54, 1.807) is 12.0 Å². The molecule has 0 saturated carbocycles. The minimum atomic E-state index is -0.579. The van der Waals surface area contributed by atoms with Gasteiger partial charge in [-0.1, -0.05) is 60.1 Å². The van der Waals surface area contributed by atoms with Gasteiger partial charge >= 0.3 is 0 Å². The van der Waals surface area contributed by atoms with Crippen LogP contribution in [0, 0.1) is 11.8 Å². The van der Waals surface area contributed by atoms with E-state index >= 15 is 0 Å². The Morgan fingerprint density at radius 1 is 1.15 bits per heavy atom. The molecule has 1 amide bonds. The molecular formula is C27H31NO5S. The number of thioether (sulfide) groups is 1. The molecule has 2 aromatic carbocycles. The Kier molecular flexibility index (Phi) is 10.5. The van der Waals surface area contributed by atoms with E-state index < -0.39 is 12.1 Å². The van der Waals surface area contributed by atoms with Crippen LogP contribution in [0.3, 0.4) is 0 Å². The number of ketones is 1. The van der Waals surface area contributed by atoms with Crippen molar-refractivity contribution in [1.82, 2.24) is 4.90 Å². The summed E-state index contributed by atoms with van der Waals surface area (Å²) < 4.78 is 10.8. The monoisotopic (exact) mass is 481 g/mol. The van der Waals surface area contributed by atoms with Crippen molar-refractivity contribution >= 4 is 22.8 Å². The van der Waals surface area contributed by atoms with Crippen molar-refractivity contribution in [3.63, 3.8) is 0 Å². The van der Waals surface area contributed by atoms with E-state index in [4.69, 9.17) is 9.47 Å². The van der Waals surface area contributed by atoms with Gasteiger partial charge in [0.15, 0.2) is 0 Å². The van der Waals surface area contributed by atoms with Crippen LogP contribution in [0.15, 0.2) is 54.6 Å². The zero-order valence-electron chi connectivity index (χ0n) is 19.4. The van der Waals surface area contributed by atoms with Crippen molar-refractivity contribution in [1.29, 1.82) is 0 Å². The second-order valence-electron chi connectivity index (χ2n) is 8.13. The number of ether oxygens (including phenoxy) is 2. The average molecular weight is 482 g/mol. The summed E-state index contributed by atoms with van der Waals surface area (Å²) in [6, 6.07) is 16.9. The molecule has 1 heterocycles. The van der Waals surface area contributed by atoms with Gasteiger partial charge in [-0.05, 0) is 48.4 Å². The van der Waals surface area contributed by atoms with Crippen LogP contribution in [0.4, 0.5) is 4.79 Å². The topological polar surface area (TPSA) is 76.1 Å². The second-order valence-corrected chi connectivity index (χ2v) is 9.10. The number of carbonyl (C=O) groups is 2. The first kappa shape index (κ1) is 25.8. The molecule has 180 valence electrons. The highest BCUT2D eigenvalue weighted by molar-refractivity contribution is 8.13. The maximum Gasteiger partial charge on any atom is 0.282 e. The van der Waals surface area contributed by atoms with E-state index in [1.807, 2.05) is 54.6 Å². The summed E-state index contributed by atoms with van der Waals surface area (Å²) in [5.74, 6) is 6.29. The Labute approximate surface area is 205 Å². The van der Waals surface area contributed by atoms with Crippen molar-refractivity contribution in [3.8, 4) is 17.6 Å². The molecule has 1 aliphatic heterocycles. The Balaban J connectivity index is 1.36. The summed E-state index contributed by atoms with van der Waals surface area (Å²) >= 11 is 1.14. The number of hydrogen-bond acceptors (Lipinski definition) is 6. The number of rotatable bonds is 12. The molecule has 7 heteroatoms. The molecule has 0 bridgehead atoms. The van der Waals surface area contributed by atoms with Gasteiger partial charge in [-0.2, -0.15) is 0 Å². The first-order valence-corrected chi connectivity index (χ1v) is 12.4. The van der Waals surface area contributed by atoms with Gasteiger partial charge in [0.25, 0.3) is 5.24 Å². The molecule has 1 fully saturated rings. The lowest BCUT2D eigenvalue weighted by Crippen LogP contribution is -2.38. The lowest BCUT2D eigenvalue weighted by atomic mass is 10.1. The van der Waals surface area contributed by atoms with Crippen molar-refractivity contribution < 1.29 is 24.2 Å². The first-order valence-electron chi connectivity index (χ1n) is 11.5. The van der Waals surface area contributed by atoms with E-state index in [0.29, 0.717) is 31.9 Å². The van der Waals surface area contributed by atoms with E-state index in [1.165, 1.54) is 0 Å². The molecule has 6 nitrogen and oxygen atoms in total. The third-order valence-corrected chi connectivity index (χ3v) is 6.49. The lowest BCUT2D eigenvalue weighted by Gasteiger charge is -2.21. The number of carbonyl (C=O) groups excluding carboxylic acids is 2. The number of aliphatic hydroxyl groups excluding tert-OH is 1. The maximum atomic E-state index is 12.6. The van der Waals surface area contributed by atoms with Gasteiger partial charge in [0, 0.05) is 25.3 Å². The summed E-state index contributed by atoms with van der Waals surface area (Å²) in [6.07, 6.45) is 1.96. The molecule has 0 radical (unpaired) electrons. The van der Waals surface area contributed by atoms with Gasteiger partial charge < -0.3 is 19.5 Å². The van der Waals surface area contributed by atoms with Crippen LogP contribution in [0.2, 0.25) is 0 Å². The van der Waals surface area contributed by atoms with Crippen LogP contribution in [0.5, 0.6) is 5.75 Å². The summed E-state index contributed by atoms with van der Waals surface area (Å²) in [4.78, 5) is 26.5. The maximum absolute atomic E-state index is 12.6. The smallest absolute Gasteiger partial charge is 0.282 e. The molecule has 3 rings (SSSR count). The van der Waals surface area contributed by atoms with Gasteiger partial charge in [-0.15, -0.1) is 0 Å². The molecule has 1 N–H and O–H groups in total. The third-order valence-electron chi connectivity index (χ3n) is 5.53. The number of hydrogen-bond donors (Lipinski definition) is 1. The van der Waals surface area contributed by atoms with Gasteiger partial charge in [-0.3, -0.25) is 9.59 Å². The number of Topliss-reactive ketones (excluding diaryl/α,β-unsaturated/α-hetero) is 1. The predicted molar refractivity (Wildman–Crippen MR) is 134 cm³/mol. The number of aliphatic hydroxyl groups is 1. The minimum absolute atomic E-state index is 0.120. The number of amides is 1. The lowest BCUT2D eigenvalue weighted by molar-refractivity contribution is -0.117. The average Bonchev–Trinajstić information content (AvgIpc) is 3.22. The molecule has 0 spiro atoms. The van der Waals surface area contributed by atoms with Crippen LogP contribution in [-0.4, -0.2) is 52.6 Å². The van der Waals surface area contributed by atoms with Crippen LogP contribution < -0.4 is 4.74 Å². The first-order chi connectivity index (χ1) is 16.6. The summed E-state index contributed by atoms with van der Waals surface area (Å²) in [6.45, 7) is 1.58. The van der Waals surface area contributed by atoms with Crippen molar-refractivity contribution in [3.05, 3.63) is 65.7 Å². The molecule has 2 atom stereocenters. The molecule has 1 aliphatic rings. The summed E-state index contributed by atoms with van der Waals surface area (Å²) in [5, 5.41) is 10.0. The Hall–Kier alpha value is -2.79. The fourth-order valence-electron chi connectivity index (χ4n) is 3.56. The van der Waals surface area contributed by atoms with Crippen molar-refractivity contribution in [2.75, 3.05) is 19.5 Å². The number of nitrogens with zero attached hydrogens (tertiary/aromatic N) is 1. The number of methoxy groups -OCH3 is 1. The highest BCUT2D eigenvalue weighted by atomic mass is 32.2. The van der Waals surface area contributed by atoms with Gasteiger partial charge in [0.1, 0.15) is 11.8 Å². The predicted octanol–water partition coefficient (Wildman–Crippen LogP) is 4.44. The number of benzene rings is 2. The van der Waals surface area contributed by atoms with Crippen LogP contribution >= 0.6 is 11.8 Å². The highest BCUT2D eigenvalue weighted by Crippen LogP contribution is 2.27. The zero-order valence-corrected chi connectivity index (χ0v) is 20.3. The Morgan fingerprint density at radius 2 is 1.91 bits per heavy atom. The molecule has 2 aromatic rings. The van der Waals surface area contributed by atoms with E-state index in [9.17, 15) is 14.7 Å². The van der Waals surface area contributed by atoms with E-state index in [2.05, 4.69) is 11.8 Å². The normalized spacial score (nSPS) is 16.1. The third kappa shape index (κ3) is 8.21. The molecular weight excluding hydrogens is 450 g/mol. The van der Waals surface area contributed by atoms with Gasteiger partial charge in [0.05, 0.1) is 19.8 Å². The van der Waals surface area contributed by atoms with Crippen molar-refractivity contribution in [2.45, 2.75) is 51.0 Å². The Bertz CT molecular complexity index is 984. The van der Waals surface area contributed by atoms with Crippen molar-refractivity contribution in [2.24, 2.45) is 0 Å². The van der Waals surface area contributed by atoms with Crippen LogP contribution in [0.1, 0.15) is 36.8 Å². The molecule has 0 aromatic heterocycles. The van der Waals surface area contributed by atoms with Crippen LogP contribution in [0.25, 0.3) is 0 Å². The summed E-state index contributed by atoms with van der Waals surface area (Å²) in [7, 11) is 1.60. The highest BCUT2D eigenvalue weighted by Gasteiger charge is 2.36. The standard InChI is InChI=1S/C27H31NO5S/c1-32-24-15-13-21(14-16-24)18-28-25(20-34-27(28)31)26(30)12-7-11-23(29)10-5-6-17-33-19-22-8-3-2-4-9-22/h2-4,8-9,13-16,23,25,29H,5-6,10-11,17-20H2,1H3/t23-,25+/m1/s1. The molecule has 1 saturated heterocycles. The van der Waals surface area contributed by atoms with E-state index in [-0.39, 0.29) is 17.4 Å². The zero-order chi connectivity index (χ0) is 24.2. The fraction of sp³-hybridized carbons (Fsp3) is 0.407. The fourth-order valence-corrected chi connectivity index (χ4v) is 4.55. The summed E-state index contributed by atoms with van der Waals surface area (Å²) in [5.41, 5.74) is 2.07. The second kappa shape index (κ2) is 13.8. The quantitative estimate of drug-likeness (QED) is 0.274. The SMILES string of the molecule is COc1ccc(CN2C(=O)SC[C@H]2C(=O)C#CC[C@H](O)CCCCOCc2ccccc2)cc1. The Morgan fingerprint density at radius 3 is 2.65 bits per heavy atom. The minimum Gasteiger partial charge on any atom is -0.497 e. The van der Waals surface area contributed by atoms with Gasteiger partial charge in [0.2, 0.25) is 5.78 Å².